The highest BCUT2D eigenvalue weighted by Gasteiger charge is 2.27. The van der Waals surface area contributed by atoms with Gasteiger partial charge in [0.2, 0.25) is 11.7 Å². The van der Waals surface area contributed by atoms with E-state index in [0.29, 0.717) is 41.9 Å². The zero-order valence-corrected chi connectivity index (χ0v) is 19.2. The van der Waals surface area contributed by atoms with Gasteiger partial charge in [-0.1, -0.05) is 17.3 Å². The van der Waals surface area contributed by atoms with Gasteiger partial charge < -0.3 is 4.52 Å². The Morgan fingerprint density at radius 2 is 2.00 bits per heavy atom. The van der Waals surface area contributed by atoms with Crippen LogP contribution in [-0.4, -0.2) is 63.0 Å². The van der Waals surface area contributed by atoms with E-state index in [-0.39, 0.29) is 16.6 Å². The van der Waals surface area contributed by atoms with Gasteiger partial charge in [0.1, 0.15) is 5.82 Å². The molecule has 1 unspecified atom stereocenters. The summed E-state index contributed by atoms with van der Waals surface area (Å²) in [7, 11) is -3.28. The van der Waals surface area contributed by atoms with Crippen molar-refractivity contribution in [3.63, 3.8) is 0 Å². The fourth-order valence-corrected chi connectivity index (χ4v) is 4.72. The normalized spacial score (nSPS) is 17.2. The number of nitrogens with zero attached hydrogens (tertiary/aromatic N) is 7. The number of benzene rings is 2. The molecular formula is C22H22FN7O3S. The van der Waals surface area contributed by atoms with Crippen LogP contribution in [0.25, 0.3) is 17.1 Å². The SMILES string of the molecule is CS(=O)(=O)c1ccc(-n2nnnc2CN2CCCC(c3nc(-c4cccc(F)c4)no3)C2)cc1. The Morgan fingerprint density at radius 3 is 2.76 bits per heavy atom. The van der Waals surface area contributed by atoms with Crippen LogP contribution in [0.1, 0.15) is 30.5 Å². The molecule has 10 nitrogen and oxygen atoms in total. The van der Waals surface area contributed by atoms with Crippen molar-refractivity contribution >= 4 is 9.84 Å². The highest BCUT2D eigenvalue weighted by molar-refractivity contribution is 7.90. The minimum absolute atomic E-state index is 0.0435. The molecule has 3 heterocycles. The van der Waals surface area contributed by atoms with Crippen molar-refractivity contribution < 1.29 is 17.3 Å². The molecule has 1 atom stereocenters. The number of tetrazole rings is 1. The lowest BCUT2D eigenvalue weighted by atomic mass is 9.98. The van der Waals surface area contributed by atoms with Crippen LogP contribution >= 0.6 is 0 Å². The van der Waals surface area contributed by atoms with Gasteiger partial charge in [-0.05, 0) is 66.2 Å². The summed E-state index contributed by atoms with van der Waals surface area (Å²) in [6, 6.07) is 12.6. The van der Waals surface area contributed by atoms with E-state index in [0.717, 1.165) is 19.4 Å². The average molecular weight is 484 g/mol. The minimum Gasteiger partial charge on any atom is -0.339 e. The summed E-state index contributed by atoms with van der Waals surface area (Å²) >= 11 is 0. The Kier molecular flexibility index (Phi) is 5.92. The van der Waals surface area contributed by atoms with Crippen LogP contribution in [0, 0.1) is 5.82 Å². The van der Waals surface area contributed by atoms with Crippen molar-refractivity contribution in [1.82, 2.24) is 35.2 Å². The standard InChI is InChI=1S/C22H22FN7O3S/c1-34(31,32)19-9-7-18(8-10-19)30-20(25-27-28-30)14-29-11-3-5-16(13-29)22-24-21(26-33-22)15-4-2-6-17(23)12-15/h2,4,6-10,12,16H,3,5,11,13-14H2,1H3. The number of sulfone groups is 1. The summed E-state index contributed by atoms with van der Waals surface area (Å²) in [4.78, 5) is 6.96. The number of hydrogen-bond donors (Lipinski definition) is 0. The molecule has 0 bridgehead atoms. The van der Waals surface area contributed by atoms with Crippen LogP contribution in [-0.2, 0) is 16.4 Å². The minimum atomic E-state index is -3.28. The largest absolute Gasteiger partial charge is 0.339 e. The van der Waals surface area contributed by atoms with E-state index in [1.165, 1.54) is 18.4 Å². The zero-order valence-electron chi connectivity index (χ0n) is 18.4. The molecule has 0 saturated carbocycles. The predicted octanol–water partition coefficient (Wildman–Crippen LogP) is 2.63. The lowest BCUT2D eigenvalue weighted by Crippen LogP contribution is -2.34. The van der Waals surface area contributed by atoms with E-state index < -0.39 is 9.84 Å². The lowest BCUT2D eigenvalue weighted by Gasteiger charge is -2.30. The molecule has 2 aromatic heterocycles. The van der Waals surface area contributed by atoms with Crippen molar-refractivity contribution in [2.75, 3.05) is 19.3 Å². The molecule has 176 valence electrons. The molecule has 0 aliphatic carbocycles. The highest BCUT2D eigenvalue weighted by Crippen LogP contribution is 2.28. The van der Waals surface area contributed by atoms with E-state index in [4.69, 9.17) is 4.52 Å². The molecule has 1 saturated heterocycles. The summed E-state index contributed by atoms with van der Waals surface area (Å²) < 4.78 is 44.1. The zero-order chi connectivity index (χ0) is 23.7. The molecular weight excluding hydrogens is 461 g/mol. The molecule has 1 aliphatic heterocycles. The first kappa shape index (κ1) is 22.3. The summed E-state index contributed by atoms with van der Waals surface area (Å²) in [5.41, 5.74) is 1.25. The average Bonchev–Trinajstić information content (AvgIpc) is 3.49. The number of likely N-dealkylation sites (tertiary alicyclic amines) is 1. The Morgan fingerprint density at radius 1 is 1.18 bits per heavy atom. The quantitative estimate of drug-likeness (QED) is 0.407. The van der Waals surface area contributed by atoms with Crippen LogP contribution < -0.4 is 0 Å². The molecule has 0 spiro atoms. The van der Waals surface area contributed by atoms with Crippen molar-refractivity contribution in [1.29, 1.82) is 0 Å². The van der Waals surface area contributed by atoms with Crippen LogP contribution in [0.4, 0.5) is 4.39 Å². The van der Waals surface area contributed by atoms with E-state index in [9.17, 15) is 12.8 Å². The fourth-order valence-electron chi connectivity index (χ4n) is 4.09. The van der Waals surface area contributed by atoms with Crippen LogP contribution in [0.5, 0.6) is 0 Å². The summed E-state index contributed by atoms with van der Waals surface area (Å²) in [6.45, 7) is 2.05. The van der Waals surface area contributed by atoms with Gasteiger partial charge in [0, 0.05) is 18.4 Å². The van der Waals surface area contributed by atoms with Crippen molar-refractivity contribution in [2.24, 2.45) is 0 Å². The lowest BCUT2D eigenvalue weighted by molar-refractivity contribution is 0.175. The maximum Gasteiger partial charge on any atom is 0.231 e. The maximum absolute atomic E-state index is 13.5. The van der Waals surface area contributed by atoms with Gasteiger partial charge in [-0.2, -0.15) is 9.67 Å². The van der Waals surface area contributed by atoms with Gasteiger partial charge >= 0.3 is 0 Å². The number of piperidine rings is 1. The molecule has 1 aliphatic rings. The third kappa shape index (κ3) is 4.73. The van der Waals surface area contributed by atoms with Gasteiger partial charge in [-0.3, -0.25) is 4.90 Å². The number of rotatable bonds is 6. The van der Waals surface area contributed by atoms with Crippen molar-refractivity contribution in [2.45, 2.75) is 30.2 Å². The monoisotopic (exact) mass is 483 g/mol. The fraction of sp³-hybridized carbons (Fsp3) is 0.318. The summed E-state index contributed by atoms with van der Waals surface area (Å²) in [5, 5.41) is 16.1. The van der Waals surface area contributed by atoms with Crippen LogP contribution in [0.15, 0.2) is 57.9 Å². The number of aromatic nitrogens is 6. The molecule has 5 rings (SSSR count). The maximum atomic E-state index is 13.5. The van der Waals surface area contributed by atoms with Crippen molar-refractivity contribution in [3.8, 4) is 17.1 Å². The first-order valence-corrected chi connectivity index (χ1v) is 12.7. The Labute approximate surface area is 195 Å². The first-order chi connectivity index (χ1) is 16.4. The third-order valence-corrected chi connectivity index (χ3v) is 6.92. The number of halogens is 1. The first-order valence-electron chi connectivity index (χ1n) is 10.8. The Bertz CT molecular complexity index is 1400. The van der Waals surface area contributed by atoms with Gasteiger partial charge in [-0.15, -0.1) is 5.10 Å². The summed E-state index contributed by atoms with van der Waals surface area (Å²) in [5.74, 6) is 1.23. The van der Waals surface area contributed by atoms with Gasteiger partial charge in [0.05, 0.1) is 23.0 Å². The van der Waals surface area contributed by atoms with E-state index in [2.05, 4.69) is 30.6 Å². The second-order valence-corrected chi connectivity index (χ2v) is 10.3. The number of hydrogen-bond acceptors (Lipinski definition) is 9. The molecule has 0 radical (unpaired) electrons. The summed E-state index contributed by atoms with van der Waals surface area (Å²) in [6.07, 6.45) is 3.01. The molecule has 0 amide bonds. The molecule has 12 heteroatoms. The van der Waals surface area contributed by atoms with Gasteiger partial charge in [0.15, 0.2) is 15.7 Å². The molecule has 4 aromatic rings. The Hall–Kier alpha value is -3.51. The second-order valence-electron chi connectivity index (χ2n) is 8.31. The molecule has 34 heavy (non-hydrogen) atoms. The van der Waals surface area contributed by atoms with Gasteiger partial charge in [0.25, 0.3) is 0 Å². The van der Waals surface area contributed by atoms with Crippen molar-refractivity contribution in [3.05, 3.63) is 66.1 Å². The predicted molar refractivity (Wildman–Crippen MR) is 119 cm³/mol. The van der Waals surface area contributed by atoms with E-state index in [1.54, 1.807) is 41.1 Å². The third-order valence-electron chi connectivity index (χ3n) is 5.79. The Balaban J connectivity index is 1.30. The topological polar surface area (TPSA) is 120 Å². The second kappa shape index (κ2) is 9.03. The highest BCUT2D eigenvalue weighted by atomic mass is 32.2. The smallest absolute Gasteiger partial charge is 0.231 e. The molecule has 2 aromatic carbocycles. The van der Waals surface area contributed by atoms with Crippen LogP contribution in [0.3, 0.4) is 0 Å². The van der Waals surface area contributed by atoms with E-state index >= 15 is 0 Å². The van der Waals surface area contributed by atoms with Gasteiger partial charge in [-0.25, -0.2) is 12.8 Å². The van der Waals surface area contributed by atoms with Crippen LogP contribution in [0.2, 0.25) is 0 Å². The molecule has 0 N–H and O–H groups in total. The van der Waals surface area contributed by atoms with E-state index in [1.807, 2.05) is 0 Å². The molecule has 1 fully saturated rings.